The molecule has 7 rings (SSSR count). The molecule has 0 amide bonds. The number of thiophene rings is 1. The van der Waals surface area contributed by atoms with Crippen LogP contribution in [-0.4, -0.2) is 0 Å². The van der Waals surface area contributed by atoms with Gasteiger partial charge in [0.25, 0.3) is 0 Å². The summed E-state index contributed by atoms with van der Waals surface area (Å²) >= 11 is 1.87. The highest BCUT2D eigenvalue weighted by Gasteiger charge is 2.10. The molecule has 0 aliphatic carbocycles. The van der Waals surface area contributed by atoms with Crippen molar-refractivity contribution in [3.63, 3.8) is 0 Å². The summed E-state index contributed by atoms with van der Waals surface area (Å²) in [7, 11) is 0. The first-order valence-electron chi connectivity index (χ1n) is 12.2. The monoisotopic (exact) mass is 477 g/mol. The number of benzene rings is 6. The topological polar surface area (TPSA) is 12.0 Å². The second-order valence-electron chi connectivity index (χ2n) is 9.12. The third-order valence-electron chi connectivity index (χ3n) is 6.86. The van der Waals surface area contributed by atoms with Gasteiger partial charge in [-0.2, -0.15) is 0 Å². The van der Waals surface area contributed by atoms with Gasteiger partial charge in [0.15, 0.2) is 0 Å². The molecule has 1 heterocycles. The van der Waals surface area contributed by atoms with Crippen molar-refractivity contribution in [3.05, 3.63) is 133 Å². The lowest BCUT2D eigenvalue weighted by Gasteiger charge is -2.09. The van der Waals surface area contributed by atoms with Crippen LogP contribution in [0.5, 0.6) is 0 Å². The molecule has 0 bridgehead atoms. The third-order valence-corrected chi connectivity index (χ3v) is 7.99. The van der Waals surface area contributed by atoms with Crippen molar-refractivity contribution in [1.82, 2.24) is 0 Å². The minimum absolute atomic E-state index is 1.08. The Bertz CT molecular complexity index is 1830. The molecule has 0 saturated heterocycles. The largest absolute Gasteiger partial charge is 0.356 e. The molecule has 0 unspecified atom stereocenters. The predicted molar refractivity (Wildman–Crippen MR) is 157 cm³/mol. The van der Waals surface area contributed by atoms with Gasteiger partial charge in [0, 0.05) is 31.5 Å². The summed E-state index contributed by atoms with van der Waals surface area (Å²) in [6.07, 6.45) is 0. The van der Waals surface area contributed by atoms with Gasteiger partial charge in [-0.15, -0.1) is 11.3 Å². The molecule has 0 saturated carbocycles. The second-order valence-corrected chi connectivity index (χ2v) is 10.2. The zero-order valence-corrected chi connectivity index (χ0v) is 20.4. The number of nitrogens with one attached hydrogen (secondary N) is 1. The average molecular weight is 478 g/mol. The van der Waals surface area contributed by atoms with Crippen LogP contribution in [0, 0.1) is 0 Å². The Morgan fingerprint density at radius 3 is 1.75 bits per heavy atom. The maximum Gasteiger partial charge on any atom is 0.0384 e. The summed E-state index contributed by atoms with van der Waals surface area (Å²) in [5.74, 6) is 0. The maximum atomic E-state index is 3.53. The van der Waals surface area contributed by atoms with Gasteiger partial charge >= 0.3 is 0 Å². The first-order valence-corrected chi connectivity index (χ1v) is 13.0. The minimum atomic E-state index is 1.08. The average Bonchev–Trinajstić information content (AvgIpc) is 3.33. The van der Waals surface area contributed by atoms with Gasteiger partial charge in [0.2, 0.25) is 0 Å². The predicted octanol–water partition coefficient (Wildman–Crippen LogP) is 10.3. The van der Waals surface area contributed by atoms with E-state index >= 15 is 0 Å². The van der Waals surface area contributed by atoms with Crippen molar-refractivity contribution in [2.24, 2.45) is 0 Å². The van der Waals surface area contributed by atoms with Crippen molar-refractivity contribution < 1.29 is 0 Å². The molecule has 0 atom stereocenters. The van der Waals surface area contributed by atoms with Gasteiger partial charge in [-0.05, 0) is 75.5 Å². The first-order chi connectivity index (χ1) is 17.8. The molecular formula is C34H23NS. The fourth-order valence-corrected chi connectivity index (χ4v) is 6.12. The van der Waals surface area contributed by atoms with Crippen LogP contribution < -0.4 is 5.32 Å². The summed E-state index contributed by atoms with van der Waals surface area (Å²) in [6.45, 7) is 0. The van der Waals surface area contributed by atoms with E-state index in [1.807, 2.05) is 17.4 Å². The fraction of sp³-hybridized carbons (Fsp3) is 0. The highest BCUT2D eigenvalue weighted by atomic mass is 32.1. The molecule has 6 aromatic carbocycles. The normalized spacial score (nSPS) is 11.3. The van der Waals surface area contributed by atoms with Crippen molar-refractivity contribution in [3.8, 4) is 22.3 Å². The van der Waals surface area contributed by atoms with Crippen molar-refractivity contribution in [1.29, 1.82) is 0 Å². The van der Waals surface area contributed by atoms with Gasteiger partial charge in [0.05, 0.1) is 0 Å². The molecular weight excluding hydrogens is 454 g/mol. The lowest BCUT2D eigenvalue weighted by molar-refractivity contribution is 1.54. The number of hydrogen-bond donors (Lipinski definition) is 1. The zero-order chi connectivity index (χ0) is 23.9. The van der Waals surface area contributed by atoms with Crippen molar-refractivity contribution in [2.45, 2.75) is 0 Å². The molecule has 1 nitrogen and oxygen atoms in total. The smallest absolute Gasteiger partial charge is 0.0384 e. The van der Waals surface area contributed by atoms with E-state index in [1.165, 1.54) is 53.2 Å². The van der Waals surface area contributed by atoms with Crippen LogP contribution in [-0.2, 0) is 0 Å². The van der Waals surface area contributed by atoms with E-state index in [4.69, 9.17) is 0 Å². The van der Waals surface area contributed by atoms with Gasteiger partial charge in [0.1, 0.15) is 0 Å². The molecule has 170 valence electrons. The summed E-state index contributed by atoms with van der Waals surface area (Å²) in [5.41, 5.74) is 7.09. The molecule has 0 aliphatic heterocycles. The van der Waals surface area contributed by atoms with Crippen LogP contribution in [0.25, 0.3) is 53.2 Å². The van der Waals surface area contributed by atoms with E-state index in [2.05, 4.69) is 133 Å². The summed E-state index contributed by atoms with van der Waals surface area (Å²) in [6, 6.07) is 47.8. The SMILES string of the molecule is c1ccc(-c2ccc(Nc3ccc(-c4ccc5sc6ccc7ccccc7c6c5c4)cc3)cc2)cc1. The van der Waals surface area contributed by atoms with E-state index in [0.29, 0.717) is 0 Å². The van der Waals surface area contributed by atoms with Crippen LogP contribution in [0.1, 0.15) is 0 Å². The molecule has 1 N–H and O–H groups in total. The Morgan fingerprint density at radius 1 is 0.417 bits per heavy atom. The van der Waals surface area contributed by atoms with Gasteiger partial charge in [-0.25, -0.2) is 0 Å². The lowest BCUT2D eigenvalue weighted by Crippen LogP contribution is -1.90. The highest BCUT2D eigenvalue weighted by Crippen LogP contribution is 2.40. The first kappa shape index (κ1) is 20.9. The van der Waals surface area contributed by atoms with Gasteiger partial charge in [-0.1, -0.05) is 91.0 Å². The quantitative estimate of drug-likeness (QED) is 0.266. The molecule has 36 heavy (non-hydrogen) atoms. The van der Waals surface area contributed by atoms with Crippen LogP contribution in [0.4, 0.5) is 11.4 Å². The molecule has 0 aliphatic rings. The summed E-state index contributed by atoms with van der Waals surface area (Å²) < 4.78 is 2.68. The van der Waals surface area contributed by atoms with E-state index in [1.54, 1.807) is 0 Å². The Hall–Kier alpha value is -4.40. The number of rotatable bonds is 4. The molecule has 2 heteroatoms. The van der Waals surface area contributed by atoms with Gasteiger partial charge < -0.3 is 5.32 Å². The summed E-state index contributed by atoms with van der Waals surface area (Å²) in [4.78, 5) is 0. The zero-order valence-electron chi connectivity index (χ0n) is 19.6. The Kier molecular flexibility index (Phi) is 5.04. The second kappa shape index (κ2) is 8.67. The van der Waals surface area contributed by atoms with E-state index in [0.717, 1.165) is 11.4 Å². The Morgan fingerprint density at radius 2 is 1.00 bits per heavy atom. The standard InChI is InChI=1S/C34H23NS/c1-2-6-23(7-3-1)24-10-16-28(17-11-24)35-29-18-12-25(13-19-29)27-15-20-32-31(22-27)34-30-9-5-4-8-26(30)14-21-33(34)36-32/h1-22,35H. The molecule has 1 aromatic heterocycles. The van der Waals surface area contributed by atoms with Crippen molar-refractivity contribution in [2.75, 3.05) is 5.32 Å². The molecule has 7 aromatic rings. The molecule has 0 radical (unpaired) electrons. The number of fused-ring (bicyclic) bond motifs is 5. The van der Waals surface area contributed by atoms with Crippen LogP contribution >= 0.6 is 11.3 Å². The minimum Gasteiger partial charge on any atom is -0.356 e. The number of anilines is 2. The third kappa shape index (κ3) is 3.73. The molecule has 0 fully saturated rings. The van der Waals surface area contributed by atoms with Crippen LogP contribution in [0.2, 0.25) is 0 Å². The van der Waals surface area contributed by atoms with E-state index < -0.39 is 0 Å². The van der Waals surface area contributed by atoms with Crippen LogP contribution in [0.3, 0.4) is 0 Å². The lowest BCUT2D eigenvalue weighted by atomic mass is 10.00. The number of hydrogen-bond acceptors (Lipinski definition) is 2. The Balaban J connectivity index is 1.18. The van der Waals surface area contributed by atoms with E-state index in [-0.39, 0.29) is 0 Å². The summed E-state index contributed by atoms with van der Waals surface area (Å²) in [5, 5.41) is 8.86. The Labute approximate surface area is 214 Å². The van der Waals surface area contributed by atoms with Gasteiger partial charge in [-0.3, -0.25) is 0 Å². The molecule has 0 spiro atoms. The van der Waals surface area contributed by atoms with Crippen molar-refractivity contribution >= 4 is 53.7 Å². The van der Waals surface area contributed by atoms with Crippen LogP contribution in [0.15, 0.2) is 133 Å². The van der Waals surface area contributed by atoms with E-state index in [9.17, 15) is 0 Å². The highest BCUT2D eigenvalue weighted by molar-refractivity contribution is 7.26. The maximum absolute atomic E-state index is 3.53. The fourth-order valence-electron chi connectivity index (χ4n) is 5.02.